The van der Waals surface area contributed by atoms with Crippen molar-refractivity contribution in [1.82, 2.24) is 15.5 Å². The fourth-order valence-electron chi connectivity index (χ4n) is 4.79. The van der Waals surface area contributed by atoms with Crippen LogP contribution in [0.25, 0.3) is 0 Å². The molecule has 2 fully saturated rings. The molecule has 0 aliphatic carbocycles. The quantitative estimate of drug-likeness (QED) is 0.335. The Hall–Kier alpha value is -2.63. The molecule has 0 radical (unpaired) electrons. The maximum atomic E-state index is 13.8. The number of hydrogen-bond donors (Lipinski definition) is 2. The minimum absolute atomic E-state index is 0.0782. The summed E-state index contributed by atoms with van der Waals surface area (Å²) in [4.78, 5) is 41.3. The van der Waals surface area contributed by atoms with Crippen LogP contribution in [0.3, 0.4) is 0 Å². The monoisotopic (exact) mass is 587 g/mol. The van der Waals surface area contributed by atoms with Crippen LogP contribution in [0.15, 0.2) is 30.3 Å². The van der Waals surface area contributed by atoms with Gasteiger partial charge >= 0.3 is 13.2 Å². The van der Waals surface area contributed by atoms with Gasteiger partial charge in [-0.15, -0.1) is 0 Å². The maximum Gasteiger partial charge on any atom is 0.481 e. The van der Waals surface area contributed by atoms with Gasteiger partial charge in [0, 0.05) is 19.5 Å². The van der Waals surface area contributed by atoms with Gasteiger partial charge in [-0.2, -0.15) is 0 Å². The molecule has 0 bridgehead atoms. The van der Waals surface area contributed by atoms with Crippen LogP contribution < -0.4 is 10.6 Å². The van der Waals surface area contributed by atoms with Crippen molar-refractivity contribution in [2.24, 2.45) is 0 Å². The second-order valence-electron chi connectivity index (χ2n) is 12.8. The smallest absolute Gasteiger partial charge is 0.444 e. The van der Waals surface area contributed by atoms with E-state index in [0.29, 0.717) is 39.1 Å². The van der Waals surface area contributed by atoms with Crippen molar-refractivity contribution < 1.29 is 33.2 Å². The van der Waals surface area contributed by atoms with Crippen LogP contribution in [0.2, 0.25) is 0 Å². The van der Waals surface area contributed by atoms with Crippen molar-refractivity contribution in [3.8, 4) is 0 Å². The number of nitrogens with zero attached hydrogens (tertiary/aromatic N) is 1. The highest BCUT2D eigenvalue weighted by Gasteiger charge is 2.54. The van der Waals surface area contributed by atoms with Crippen LogP contribution in [0.5, 0.6) is 0 Å². The second kappa shape index (κ2) is 14.7. The van der Waals surface area contributed by atoms with Gasteiger partial charge in [0.15, 0.2) is 0 Å². The predicted molar refractivity (Wildman–Crippen MR) is 162 cm³/mol. The SMILES string of the molecule is CCC(C)(C)OC(=O)N[C@H](CCC(=O)N1CCOCC1)C(=O)N[C@@H](CCCc1ccccc1)B1OC(C)(C)C(C)(C)O1. The Morgan fingerprint density at radius 3 is 2.21 bits per heavy atom. The largest absolute Gasteiger partial charge is 0.481 e. The van der Waals surface area contributed by atoms with Gasteiger partial charge in [-0.25, -0.2) is 4.79 Å². The zero-order chi connectivity index (χ0) is 31.0. The molecule has 234 valence electrons. The first-order chi connectivity index (χ1) is 19.7. The number of nitrogens with one attached hydrogen (secondary N) is 2. The number of morpholine rings is 1. The Balaban J connectivity index is 1.74. The minimum atomic E-state index is -0.978. The lowest BCUT2D eigenvalue weighted by Gasteiger charge is -2.32. The third kappa shape index (κ3) is 9.71. The first-order valence-corrected chi connectivity index (χ1v) is 15.3. The molecule has 42 heavy (non-hydrogen) atoms. The fraction of sp³-hybridized carbons (Fsp3) is 0.710. The van der Waals surface area contributed by atoms with Crippen molar-refractivity contribution in [2.45, 2.75) is 116 Å². The van der Waals surface area contributed by atoms with E-state index in [1.54, 1.807) is 4.90 Å². The minimum Gasteiger partial charge on any atom is -0.444 e. The number of carbonyl (C=O) groups is 3. The predicted octanol–water partition coefficient (Wildman–Crippen LogP) is 4.05. The zero-order valence-corrected chi connectivity index (χ0v) is 26.5. The normalized spacial score (nSPS) is 19.6. The molecule has 0 saturated carbocycles. The summed E-state index contributed by atoms with van der Waals surface area (Å²) in [5.74, 6) is -0.953. The van der Waals surface area contributed by atoms with E-state index >= 15 is 0 Å². The third-order valence-electron chi connectivity index (χ3n) is 8.59. The van der Waals surface area contributed by atoms with E-state index in [1.165, 1.54) is 5.56 Å². The van der Waals surface area contributed by atoms with E-state index in [1.807, 2.05) is 66.7 Å². The molecule has 0 spiro atoms. The number of rotatable bonds is 13. The summed E-state index contributed by atoms with van der Waals surface area (Å²) in [7, 11) is -0.670. The highest BCUT2D eigenvalue weighted by Crippen LogP contribution is 2.38. The molecular formula is C31H50BN3O7. The summed E-state index contributed by atoms with van der Waals surface area (Å²) in [6, 6.07) is 9.19. The molecule has 2 atom stereocenters. The van der Waals surface area contributed by atoms with E-state index in [-0.39, 0.29) is 18.7 Å². The molecule has 2 N–H and O–H groups in total. The molecule has 2 saturated heterocycles. The van der Waals surface area contributed by atoms with Crippen LogP contribution in [0.4, 0.5) is 4.79 Å². The van der Waals surface area contributed by atoms with Crippen LogP contribution in [-0.4, -0.2) is 85.0 Å². The average Bonchev–Trinajstić information content (AvgIpc) is 3.17. The Kier molecular flexibility index (Phi) is 11.9. The van der Waals surface area contributed by atoms with Gasteiger partial charge in [-0.1, -0.05) is 37.3 Å². The lowest BCUT2D eigenvalue weighted by molar-refractivity contribution is -0.135. The van der Waals surface area contributed by atoms with E-state index < -0.39 is 47.9 Å². The number of aryl methyl sites for hydroxylation is 1. The van der Waals surface area contributed by atoms with Crippen LogP contribution in [0, 0.1) is 0 Å². The molecule has 2 aliphatic heterocycles. The fourth-order valence-corrected chi connectivity index (χ4v) is 4.79. The molecule has 10 nitrogen and oxygen atoms in total. The van der Waals surface area contributed by atoms with E-state index in [0.717, 1.165) is 12.8 Å². The van der Waals surface area contributed by atoms with Crippen LogP contribution in [0.1, 0.15) is 86.1 Å². The summed E-state index contributed by atoms with van der Waals surface area (Å²) in [5.41, 5.74) is -0.633. The Bertz CT molecular complexity index is 1030. The Labute approximate surface area is 251 Å². The second-order valence-corrected chi connectivity index (χ2v) is 12.8. The lowest BCUT2D eigenvalue weighted by atomic mass is 9.75. The molecule has 1 aromatic rings. The van der Waals surface area contributed by atoms with Crippen LogP contribution in [-0.2, 0) is 34.8 Å². The van der Waals surface area contributed by atoms with Gasteiger partial charge in [0.1, 0.15) is 11.6 Å². The number of amides is 3. The number of ether oxygens (including phenoxy) is 2. The first kappa shape index (κ1) is 33.9. The maximum absolute atomic E-state index is 13.8. The molecule has 2 aliphatic rings. The number of carbonyl (C=O) groups excluding carboxylic acids is 3. The van der Waals surface area contributed by atoms with Crippen LogP contribution >= 0.6 is 0 Å². The summed E-state index contributed by atoms with van der Waals surface area (Å²) in [6.45, 7) is 15.5. The standard InChI is InChI=1S/C31H50BN3O7/c1-8-29(2,3)40-28(38)33-24(17-18-26(36)35-19-21-39-22-20-35)27(37)34-25(16-12-15-23-13-10-9-11-14-23)32-41-30(4,5)31(6,7)42-32/h9-11,13-14,24-25H,8,12,15-22H2,1-7H3,(H,33,38)(H,34,37)/t24-,25+/m1/s1. The first-order valence-electron chi connectivity index (χ1n) is 15.3. The molecule has 11 heteroatoms. The number of benzene rings is 1. The summed E-state index contributed by atoms with van der Waals surface area (Å²) >= 11 is 0. The van der Waals surface area contributed by atoms with Gasteiger partial charge < -0.3 is 34.3 Å². The lowest BCUT2D eigenvalue weighted by Crippen LogP contribution is -2.55. The van der Waals surface area contributed by atoms with Crippen molar-refractivity contribution in [2.75, 3.05) is 26.3 Å². The van der Waals surface area contributed by atoms with E-state index in [2.05, 4.69) is 22.8 Å². The highest BCUT2D eigenvalue weighted by molar-refractivity contribution is 6.48. The van der Waals surface area contributed by atoms with Gasteiger partial charge in [-0.05, 0) is 79.2 Å². The van der Waals surface area contributed by atoms with Gasteiger partial charge in [0.05, 0.1) is 30.4 Å². The zero-order valence-electron chi connectivity index (χ0n) is 26.5. The topological polar surface area (TPSA) is 115 Å². The summed E-state index contributed by atoms with van der Waals surface area (Å²) in [5, 5.41) is 5.83. The van der Waals surface area contributed by atoms with Gasteiger partial charge in [-0.3, -0.25) is 9.59 Å². The summed E-state index contributed by atoms with van der Waals surface area (Å²) in [6.07, 6.45) is 2.37. The van der Waals surface area contributed by atoms with Crippen molar-refractivity contribution >= 4 is 25.0 Å². The molecule has 2 heterocycles. The van der Waals surface area contributed by atoms with Crippen molar-refractivity contribution in [1.29, 1.82) is 0 Å². The number of hydrogen-bond acceptors (Lipinski definition) is 7. The summed E-state index contributed by atoms with van der Waals surface area (Å²) < 4.78 is 23.6. The Morgan fingerprint density at radius 2 is 1.62 bits per heavy atom. The average molecular weight is 588 g/mol. The van der Waals surface area contributed by atoms with E-state index in [4.69, 9.17) is 18.8 Å². The van der Waals surface area contributed by atoms with Crippen molar-refractivity contribution in [3.05, 3.63) is 35.9 Å². The molecule has 0 aromatic heterocycles. The molecule has 3 rings (SSSR count). The Morgan fingerprint density at radius 1 is 1.00 bits per heavy atom. The van der Waals surface area contributed by atoms with Crippen molar-refractivity contribution in [3.63, 3.8) is 0 Å². The molecule has 0 unspecified atom stereocenters. The van der Waals surface area contributed by atoms with Gasteiger partial charge in [0.25, 0.3) is 0 Å². The number of alkyl carbamates (subject to hydrolysis) is 1. The van der Waals surface area contributed by atoms with E-state index in [9.17, 15) is 14.4 Å². The third-order valence-corrected chi connectivity index (χ3v) is 8.59. The highest BCUT2D eigenvalue weighted by atomic mass is 16.7. The molecular weight excluding hydrogens is 537 g/mol. The van der Waals surface area contributed by atoms with Gasteiger partial charge in [0.2, 0.25) is 11.8 Å². The molecule has 1 aromatic carbocycles. The molecule has 3 amide bonds.